The Morgan fingerprint density at radius 3 is 2.74 bits per heavy atom. The summed E-state index contributed by atoms with van der Waals surface area (Å²) in [4.78, 5) is 24.9. The van der Waals surface area contributed by atoms with Gasteiger partial charge in [0.1, 0.15) is 5.75 Å². The SMILES string of the molecule is CCOC(=O)C1=C(C)NC(=S)N[C@H]1c1ccccc1OCC(=O)NN=Cc1ccc(O)c(OC)c1. The number of carbonyl (C=O) groups is 2. The fourth-order valence-electron chi connectivity index (χ4n) is 3.39. The van der Waals surface area contributed by atoms with Crippen molar-refractivity contribution in [2.75, 3.05) is 20.3 Å². The minimum absolute atomic E-state index is 0.000836. The lowest BCUT2D eigenvalue weighted by Crippen LogP contribution is -2.45. The number of methoxy groups -OCH3 is 1. The summed E-state index contributed by atoms with van der Waals surface area (Å²) in [5, 5.41) is 19.9. The Balaban J connectivity index is 1.70. The third-order valence-electron chi connectivity index (χ3n) is 4.96. The lowest BCUT2D eigenvalue weighted by molar-refractivity contribution is -0.139. The summed E-state index contributed by atoms with van der Waals surface area (Å²) in [6, 6.07) is 11.1. The first-order valence-corrected chi connectivity index (χ1v) is 11.1. The van der Waals surface area contributed by atoms with Gasteiger partial charge in [0.2, 0.25) is 0 Å². The highest BCUT2D eigenvalue weighted by Crippen LogP contribution is 2.33. The maximum absolute atomic E-state index is 12.6. The molecular weight excluding hydrogens is 472 g/mol. The van der Waals surface area contributed by atoms with Crippen LogP contribution in [0.4, 0.5) is 0 Å². The summed E-state index contributed by atoms with van der Waals surface area (Å²) >= 11 is 5.27. The molecule has 0 aliphatic carbocycles. The molecule has 0 bridgehead atoms. The third kappa shape index (κ3) is 6.48. The fraction of sp³-hybridized carbons (Fsp3) is 0.250. The van der Waals surface area contributed by atoms with Crippen molar-refractivity contribution < 1.29 is 28.9 Å². The van der Waals surface area contributed by atoms with E-state index in [-0.39, 0.29) is 24.7 Å². The molecule has 2 aromatic rings. The van der Waals surface area contributed by atoms with E-state index in [1.807, 2.05) is 0 Å². The van der Waals surface area contributed by atoms with E-state index in [9.17, 15) is 14.7 Å². The summed E-state index contributed by atoms with van der Waals surface area (Å²) in [6.45, 7) is 3.38. The number of nitrogens with zero attached hydrogens (tertiary/aromatic N) is 1. The molecular formula is C24H26N4O6S. The quantitative estimate of drug-likeness (QED) is 0.178. The number of phenols is 1. The van der Waals surface area contributed by atoms with Crippen molar-refractivity contribution in [2.45, 2.75) is 19.9 Å². The molecule has 0 saturated carbocycles. The standard InChI is InChI=1S/C24H26N4O6S/c1-4-33-23(31)21-14(2)26-24(35)27-22(21)16-7-5-6-8-18(16)34-13-20(30)28-25-12-15-9-10-17(29)19(11-15)32-3/h5-12,22,29H,4,13H2,1-3H3,(H,28,30)(H2,26,27,35)/t22-/m0/s1. The zero-order valence-electron chi connectivity index (χ0n) is 19.5. The van der Waals surface area contributed by atoms with E-state index < -0.39 is 17.9 Å². The first kappa shape index (κ1) is 25.5. The Morgan fingerprint density at radius 2 is 2.00 bits per heavy atom. The number of para-hydroxylation sites is 1. The van der Waals surface area contributed by atoms with Gasteiger partial charge in [0.05, 0.1) is 31.5 Å². The van der Waals surface area contributed by atoms with E-state index in [2.05, 4.69) is 21.2 Å². The van der Waals surface area contributed by atoms with Gasteiger partial charge in [-0.2, -0.15) is 5.10 Å². The number of nitrogens with one attached hydrogen (secondary N) is 3. The highest BCUT2D eigenvalue weighted by Gasteiger charge is 2.32. The second-order valence-electron chi connectivity index (χ2n) is 7.34. The lowest BCUT2D eigenvalue weighted by atomic mass is 9.95. The Kier molecular flexibility index (Phi) is 8.63. The van der Waals surface area contributed by atoms with E-state index in [0.717, 1.165) is 0 Å². The minimum atomic E-state index is -0.621. The number of hydrogen-bond acceptors (Lipinski definition) is 8. The highest BCUT2D eigenvalue weighted by molar-refractivity contribution is 7.80. The number of aromatic hydroxyl groups is 1. The first-order chi connectivity index (χ1) is 16.8. The molecule has 11 heteroatoms. The van der Waals surface area contributed by atoms with E-state index in [1.54, 1.807) is 50.2 Å². The number of phenolic OH excluding ortho intramolecular Hbond substituents is 1. The van der Waals surface area contributed by atoms with Crippen molar-refractivity contribution in [1.29, 1.82) is 0 Å². The van der Waals surface area contributed by atoms with Gasteiger partial charge < -0.3 is 30.0 Å². The molecule has 2 aromatic carbocycles. The second kappa shape index (κ2) is 11.8. The van der Waals surface area contributed by atoms with E-state index >= 15 is 0 Å². The topological polar surface area (TPSA) is 131 Å². The van der Waals surface area contributed by atoms with Crippen LogP contribution in [0.1, 0.15) is 31.0 Å². The smallest absolute Gasteiger partial charge is 0.338 e. The van der Waals surface area contributed by atoms with Crippen LogP contribution >= 0.6 is 12.2 Å². The van der Waals surface area contributed by atoms with Gasteiger partial charge in [-0.25, -0.2) is 10.2 Å². The molecule has 10 nitrogen and oxygen atoms in total. The van der Waals surface area contributed by atoms with Gasteiger partial charge >= 0.3 is 5.97 Å². The maximum Gasteiger partial charge on any atom is 0.338 e. The van der Waals surface area contributed by atoms with Crippen molar-refractivity contribution in [3.63, 3.8) is 0 Å². The van der Waals surface area contributed by atoms with Crippen LogP contribution in [0.25, 0.3) is 0 Å². The Labute approximate surface area is 208 Å². The minimum Gasteiger partial charge on any atom is -0.504 e. The molecule has 4 N–H and O–H groups in total. The number of allylic oxidation sites excluding steroid dienone is 1. The zero-order chi connectivity index (χ0) is 25.4. The highest BCUT2D eigenvalue weighted by atomic mass is 32.1. The van der Waals surface area contributed by atoms with E-state index in [4.69, 9.17) is 26.4 Å². The first-order valence-electron chi connectivity index (χ1n) is 10.7. The van der Waals surface area contributed by atoms with Gasteiger partial charge in [0.15, 0.2) is 23.2 Å². The number of hydrogen-bond donors (Lipinski definition) is 4. The number of esters is 1. The number of carbonyl (C=O) groups excluding carboxylic acids is 2. The van der Waals surface area contributed by atoms with Crippen LogP contribution in [0.5, 0.6) is 17.2 Å². The molecule has 1 amide bonds. The van der Waals surface area contributed by atoms with Crippen LogP contribution in [0.2, 0.25) is 0 Å². The zero-order valence-corrected chi connectivity index (χ0v) is 20.3. The van der Waals surface area contributed by atoms with Gasteiger partial charge in [-0.05, 0) is 55.9 Å². The van der Waals surface area contributed by atoms with Gasteiger partial charge in [-0.15, -0.1) is 0 Å². The molecule has 0 unspecified atom stereocenters. The molecule has 0 spiro atoms. The lowest BCUT2D eigenvalue weighted by Gasteiger charge is -2.30. The summed E-state index contributed by atoms with van der Waals surface area (Å²) in [6.07, 6.45) is 1.41. The molecule has 184 valence electrons. The van der Waals surface area contributed by atoms with Crippen LogP contribution in [0.15, 0.2) is 58.8 Å². The molecule has 1 heterocycles. The molecule has 35 heavy (non-hydrogen) atoms. The van der Waals surface area contributed by atoms with Crippen molar-refractivity contribution in [3.8, 4) is 17.2 Å². The van der Waals surface area contributed by atoms with E-state index in [1.165, 1.54) is 19.4 Å². The number of rotatable bonds is 9. The summed E-state index contributed by atoms with van der Waals surface area (Å²) in [5.74, 6) is -0.288. The fourth-order valence-corrected chi connectivity index (χ4v) is 3.66. The Morgan fingerprint density at radius 1 is 1.23 bits per heavy atom. The predicted octanol–water partition coefficient (Wildman–Crippen LogP) is 2.29. The third-order valence-corrected chi connectivity index (χ3v) is 5.18. The number of thiocarbonyl (C=S) groups is 1. The van der Waals surface area contributed by atoms with Crippen molar-refractivity contribution >= 4 is 35.4 Å². The van der Waals surface area contributed by atoms with Gasteiger partial charge in [-0.3, -0.25) is 4.79 Å². The molecule has 0 radical (unpaired) electrons. The molecule has 3 rings (SSSR count). The predicted molar refractivity (Wildman–Crippen MR) is 133 cm³/mol. The van der Waals surface area contributed by atoms with Crippen LogP contribution < -0.4 is 25.5 Å². The molecule has 1 aliphatic heterocycles. The maximum atomic E-state index is 12.6. The van der Waals surface area contributed by atoms with Crippen LogP contribution in [0.3, 0.4) is 0 Å². The number of ether oxygens (including phenoxy) is 3. The van der Waals surface area contributed by atoms with Crippen LogP contribution in [-0.4, -0.2) is 48.6 Å². The molecule has 1 atom stereocenters. The van der Waals surface area contributed by atoms with Gasteiger partial charge in [0, 0.05) is 11.3 Å². The normalized spacial score (nSPS) is 15.3. The molecule has 1 aliphatic rings. The largest absolute Gasteiger partial charge is 0.504 e. The van der Waals surface area contributed by atoms with Crippen LogP contribution in [0, 0.1) is 0 Å². The number of amides is 1. The van der Waals surface area contributed by atoms with Crippen LogP contribution in [-0.2, 0) is 14.3 Å². The van der Waals surface area contributed by atoms with Gasteiger partial charge in [-0.1, -0.05) is 18.2 Å². The van der Waals surface area contributed by atoms with E-state index in [0.29, 0.717) is 33.3 Å². The monoisotopic (exact) mass is 498 g/mol. The summed E-state index contributed by atoms with van der Waals surface area (Å²) in [7, 11) is 1.44. The van der Waals surface area contributed by atoms with Gasteiger partial charge in [0.25, 0.3) is 5.91 Å². The van der Waals surface area contributed by atoms with Crippen molar-refractivity contribution in [3.05, 3.63) is 64.9 Å². The van der Waals surface area contributed by atoms with Crippen molar-refractivity contribution in [1.82, 2.24) is 16.1 Å². The molecule has 0 fully saturated rings. The number of hydrazone groups is 1. The Bertz CT molecular complexity index is 1180. The second-order valence-corrected chi connectivity index (χ2v) is 7.75. The Hall–Kier alpha value is -4.12. The summed E-state index contributed by atoms with van der Waals surface area (Å²) in [5.41, 5.74) is 4.56. The average Bonchev–Trinajstić information content (AvgIpc) is 2.83. The number of benzene rings is 2. The molecule has 0 saturated heterocycles. The van der Waals surface area contributed by atoms with Crippen molar-refractivity contribution in [2.24, 2.45) is 5.10 Å². The summed E-state index contributed by atoms with van der Waals surface area (Å²) < 4.78 is 16.0. The average molecular weight is 499 g/mol. The molecule has 0 aromatic heterocycles.